The van der Waals surface area contributed by atoms with Gasteiger partial charge in [0.05, 0.1) is 0 Å². The molecule has 580 valence electrons. The number of benzene rings is 20. The van der Waals surface area contributed by atoms with Crippen molar-refractivity contribution in [2.24, 2.45) is 0 Å². The summed E-state index contributed by atoms with van der Waals surface area (Å²) in [6.07, 6.45) is 0. The number of rotatable bonds is 10. The molecule has 0 heteroatoms. The molecule has 0 bridgehead atoms. The number of hydrogen-bond donors (Lipinski definition) is 0. The van der Waals surface area contributed by atoms with E-state index >= 15 is 0 Å². The molecule has 20 aromatic rings. The third kappa shape index (κ3) is 14.2. The lowest BCUT2D eigenvalue weighted by Gasteiger charge is -2.20. The molecule has 0 fully saturated rings. The van der Waals surface area contributed by atoms with Gasteiger partial charge in [-0.15, -0.1) is 0 Å². The number of fused-ring (bicyclic) bond motifs is 8. The quantitative estimate of drug-likeness (QED) is 0.128. The fourth-order valence-electron chi connectivity index (χ4n) is 18.7. The molecule has 0 saturated carbocycles. The van der Waals surface area contributed by atoms with E-state index in [-0.39, 0.29) is 21.7 Å². The van der Waals surface area contributed by atoms with E-state index in [1.54, 1.807) is 0 Å². The summed E-state index contributed by atoms with van der Waals surface area (Å²) < 4.78 is 0. The van der Waals surface area contributed by atoms with E-state index in [4.69, 9.17) is 0 Å². The summed E-state index contributed by atoms with van der Waals surface area (Å²) in [6.45, 7) is 27.2. The topological polar surface area (TPSA) is 0 Å². The van der Waals surface area contributed by atoms with Crippen LogP contribution in [0.2, 0.25) is 0 Å². The highest BCUT2D eigenvalue weighted by Gasteiger charge is 2.24. The third-order valence-corrected chi connectivity index (χ3v) is 25.3. The van der Waals surface area contributed by atoms with Crippen LogP contribution in [-0.4, -0.2) is 0 Å². The third-order valence-electron chi connectivity index (χ3n) is 25.3. The van der Waals surface area contributed by atoms with Crippen LogP contribution in [0.3, 0.4) is 0 Å². The summed E-state index contributed by atoms with van der Waals surface area (Å²) in [5, 5.41) is 20.2. The van der Waals surface area contributed by atoms with Crippen LogP contribution in [-0.2, 0) is 21.7 Å². The van der Waals surface area contributed by atoms with Crippen LogP contribution >= 0.6 is 0 Å². The Labute approximate surface area is 707 Å². The van der Waals surface area contributed by atoms with Gasteiger partial charge in [-0.3, -0.25) is 0 Å². The Hall–Kier alpha value is -13.5. The van der Waals surface area contributed by atoms with Crippen molar-refractivity contribution in [1.82, 2.24) is 0 Å². The summed E-state index contributed by atoms with van der Waals surface area (Å²) in [5.41, 5.74) is 30.9. The van der Waals surface area contributed by atoms with Gasteiger partial charge in [0.1, 0.15) is 0 Å². The first-order valence-corrected chi connectivity index (χ1v) is 42.7. The van der Waals surface area contributed by atoms with E-state index in [2.05, 4.69) is 471 Å². The van der Waals surface area contributed by atoms with Gasteiger partial charge in [-0.25, -0.2) is 0 Å². The van der Waals surface area contributed by atoms with Crippen molar-refractivity contribution in [3.05, 3.63) is 411 Å². The molecule has 0 atom stereocenters. The molecule has 0 aliphatic heterocycles. The molecule has 0 aliphatic carbocycles. The predicted molar refractivity (Wildman–Crippen MR) is 522 cm³/mol. The predicted octanol–water partition coefficient (Wildman–Crippen LogP) is 34.5. The Morgan fingerprint density at radius 2 is 0.258 bits per heavy atom. The molecule has 0 nitrogen and oxygen atoms in total. The lowest BCUT2D eigenvalue weighted by atomic mass is 9.84. The van der Waals surface area contributed by atoms with Gasteiger partial charge in [-0.1, -0.05) is 459 Å². The van der Waals surface area contributed by atoms with Gasteiger partial charge in [0.15, 0.2) is 0 Å². The van der Waals surface area contributed by atoms with Crippen LogP contribution in [0, 0.1) is 0 Å². The second-order valence-corrected chi connectivity index (χ2v) is 37.0. The molecular formula is C120H100. The van der Waals surface area contributed by atoms with E-state index in [1.807, 2.05) is 0 Å². The van der Waals surface area contributed by atoms with Crippen LogP contribution in [0.5, 0.6) is 0 Å². The molecule has 0 heterocycles. The zero-order valence-corrected chi connectivity index (χ0v) is 71.0. The van der Waals surface area contributed by atoms with E-state index in [9.17, 15) is 0 Å². The van der Waals surface area contributed by atoms with Gasteiger partial charge in [0.2, 0.25) is 0 Å². The zero-order chi connectivity index (χ0) is 82.3. The molecule has 20 rings (SSSR count). The highest BCUT2D eigenvalue weighted by atomic mass is 14.3. The average Bonchev–Trinajstić information content (AvgIpc) is 0.783. The number of hydrogen-bond acceptors (Lipinski definition) is 0. The average molecular weight is 1540 g/mol. The SMILES string of the molecule is CC(C)(C)c1ccc(-c2ccc(-c3ccc(-c4ccc(-c5ccc(-c6ccc(C(C)(C)C)cc6)c6ccccc56)c5ccccc45)c4ccccc34)c3ccccc23)cc1.CC(C)(C)c1ccc(-c2ccc3cc(-c4ccc(-c5ccc(-c6ccc(-c7ccc(C(C)(C)C)cc7)c7ccccc67)c6ccccc56)c5ccccc45)ccc3c2)cc1. The molecule has 20 aromatic carbocycles. The molecule has 0 aliphatic rings. The molecule has 0 aromatic heterocycles. The largest absolute Gasteiger partial charge is 0.0616 e. The second-order valence-electron chi connectivity index (χ2n) is 37.0. The molecule has 0 N–H and O–H groups in total. The normalized spacial score (nSPS) is 12.2. The lowest BCUT2D eigenvalue weighted by molar-refractivity contribution is 0.590. The summed E-state index contributed by atoms with van der Waals surface area (Å²) in [6, 6.07) is 145. The van der Waals surface area contributed by atoms with Crippen LogP contribution < -0.4 is 0 Å². The molecule has 120 heavy (non-hydrogen) atoms. The van der Waals surface area contributed by atoms with Crippen molar-refractivity contribution in [2.45, 2.75) is 105 Å². The summed E-state index contributed by atoms with van der Waals surface area (Å²) in [5.74, 6) is 0. The summed E-state index contributed by atoms with van der Waals surface area (Å²) >= 11 is 0. The van der Waals surface area contributed by atoms with Crippen LogP contribution in [0.25, 0.3) is 197 Å². The Kier molecular flexibility index (Phi) is 19.4. The monoisotopic (exact) mass is 1540 g/mol. The van der Waals surface area contributed by atoms with Gasteiger partial charge >= 0.3 is 0 Å². The van der Waals surface area contributed by atoms with Crippen molar-refractivity contribution in [3.8, 4) is 111 Å². The molecular weight excluding hydrogens is 1440 g/mol. The van der Waals surface area contributed by atoms with Gasteiger partial charge in [-0.2, -0.15) is 0 Å². The minimum Gasteiger partial charge on any atom is -0.0616 e. The van der Waals surface area contributed by atoms with Crippen molar-refractivity contribution < 1.29 is 0 Å². The zero-order valence-electron chi connectivity index (χ0n) is 71.0. The Bertz CT molecular complexity index is 7140. The van der Waals surface area contributed by atoms with E-state index in [0.717, 1.165) is 0 Å². The fraction of sp³-hybridized carbons (Fsp3) is 0.133. The molecule has 0 saturated heterocycles. The molecule has 0 unspecified atom stereocenters. The summed E-state index contributed by atoms with van der Waals surface area (Å²) in [4.78, 5) is 0. The minimum atomic E-state index is 0.118. The second kappa shape index (κ2) is 30.4. The minimum absolute atomic E-state index is 0.118. The smallest absolute Gasteiger partial charge is 0.00987 e. The van der Waals surface area contributed by atoms with E-state index in [0.29, 0.717) is 0 Å². The first kappa shape index (κ1) is 76.5. The van der Waals surface area contributed by atoms with Crippen LogP contribution in [0.1, 0.15) is 105 Å². The van der Waals surface area contributed by atoms with E-state index < -0.39 is 0 Å². The van der Waals surface area contributed by atoms with Gasteiger partial charge in [0, 0.05) is 0 Å². The van der Waals surface area contributed by atoms with Crippen molar-refractivity contribution >= 4 is 86.2 Å². The highest BCUT2D eigenvalue weighted by Crippen LogP contribution is 2.49. The maximum Gasteiger partial charge on any atom is -0.00987 e. The fourth-order valence-corrected chi connectivity index (χ4v) is 18.7. The molecule has 0 radical (unpaired) electrons. The first-order valence-electron chi connectivity index (χ1n) is 42.7. The standard InChI is InChI=1S/2C60H50/c1-59(2,3)41-27-23-39(24-28-41)43-31-33-53(47-17-9-7-15-45(43)47)55-35-37-57(51-21-13-11-19-49(51)55)58-38-36-56(50-20-12-14-22-52(50)58)54-34-32-44(46-16-8-10-18-48(46)54)40-25-29-42(30-26-40)60(4,5)6;1-59(2,3)45-27-23-39(24-28-45)41-19-20-43-38-44(22-21-42(43)37-41)48-32-34-56(52-16-10-8-14-50(48)52)58-36-35-57(53-17-11-12-18-54(53)58)55-33-31-47(49-13-7-9-15-51(49)55)40-25-29-46(30-26-40)60(4,5)6/h2*7-38H,1-6H3. The van der Waals surface area contributed by atoms with Gasteiger partial charge < -0.3 is 0 Å². The Morgan fingerprint density at radius 3 is 0.450 bits per heavy atom. The Morgan fingerprint density at radius 1 is 0.117 bits per heavy atom. The van der Waals surface area contributed by atoms with Gasteiger partial charge in [0.25, 0.3) is 0 Å². The Balaban J connectivity index is 0.000000159. The van der Waals surface area contributed by atoms with Crippen molar-refractivity contribution in [2.75, 3.05) is 0 Å². The molecule has 0 spiro atoms. The molecule has 0 amide bonds. The first-order chi connectivity index (χ1) is 58.1. The maximum atomic E-state index is 2.35. The van der Waals surface area contributed by atoms with E-state index in [1.165, 1.54) is 220 Å². The van der Waals surface area contributed by atoms with Crippen LogP contribution in [0.4, 0.5) is 0 Å². The maximum absolute atomic E-state index is 2.35. The van der Waals surface area contributed by atoms with Crippen molar-refractivity contribution in [3.63, 3.8) is 0 Å². The van der Waals surface area contributed by atoms with Crippen LogP contribution in [0.15, 0.2) is 388 Å². The highest BCUT2D eigenvalue weighted by molar-refractivity contribution is 6.19. The van der Waals surface area contributed by atoms with Gasteiger partial charge in [-0.05, 0) is 253 Å². The summed E-state index contributed by atoms with van der Waals surface area (Å²) in [7, 11) is 0. The lowest BCUT2D eigenvalue weighted by Crippen LogP contribution is -2.10. The van der Waals surface area contributed by atoms with Crippen molar-refractivity contribution in [1.29, 1.82) is 0 Å².